The lowest BCUT2D eigenvalue weighted by atomic mass is 9.84. The van der Waals surface area contributed by atoms with Gasteiger partial charge in [0.2, 0.25) is 11.8 Å². The van der Waals surface area contributed by atoms with Crippen LogP contribution in [0.25, 0.3) is 0 Å². The number of thiophene rings is 1. The lowest BCUT2D eigenvalue weighted by molar-refractivity contribution is -0.145. The van der Waals surface area contributed by atoms with Gasteiger partial charge in [-0.1, -0.05) is 30.2 Å². The summed E-state index contributed by atoms with van der Waals surface area (Å²) in [5, 5.41) is 2.78. The van der Waals surface area contributed by atoms with Crippen LogP contribution in [0.3, 0.4) is 0 Å². The number of ether oxygens (including phenoxy) is 1. The number of halogens is 1. The average molecular weight is 475 g/mol. The van der Waals surface area contributed by atoms with Gasteiger partial charge in [0.1, 0.15) is 0 Å². The van der Waals surface area contributed by atoms with Crippen molar-refractivity contribution in [3.05, 3.63) is 56.7 Å². The molecule has 1 aromatic carbocycles. The van der Waals surface area contributed by atoms with Crippen LogP contribution >= 0.6 is 22.9 Å². The van der Waals surface area contributed by atoms with Crippen molar-refractivity contribution in [2.75, 3.05) is 32.8 Å². The molecule has 2 aliphatic rings. The summed E-state index contributed by atoms with van der Waals surface area (Å²) in [6, 6.07) is 9.73. The maximum Gasteiger partial charge on any atom is 0.242 e. The van der Waals surface area contributed by atoms with Crippen LogP contribution in [-0.2, 0) is 20.7 Å². The lowest BCUT2D eigenvalue weighted by Crippen LogP contribution is -2.49. The van der Waals surface area contributed by atoms with Crippen LogP contribution in [0.4, 0.5) is 0 Å². The van der Waals surface area contributed by atoms with E-state index in [0.29, 0.717) is 31.3 Å². The number of hydrogen-bond donors (Lipinski definition) is 0. The summed E-state index contributed by atoms with van der Waals surface area (Å²) in [5.41, 5.74) is 2.24. The van der Waals surface area contributed by atoms with Crippen LogP contribution in [0, 0.1) is 5.92 Å². The molecule has 1 aromatic heterocycles. The molecule has 1 aliphatic heterocycles. The van der Waals surface area contributed by atoms with Crippen molar-refractivity contribution in [3.63, 3.8) is 0 Å². The normalized spacial score (nSPS) is 18.2. The van der Waals surface area contributed by atoms with Crippen molar-refractivity contribution in [1.29, 1.82) is 0 Å². The molecule has 1 unspecified atom stereocenters. The Morgan fingerprint density at radius 2 is 2.00 bits per heavy atom. The second-order valence-electron chi connectivity index (χ2n) is 8.53. The molecule has 1 aliphatic carbocycles. The molecule has 1 fully saturated rings. The standard InChI is InChI=1S/C25H31ClN2O3S/c1-2-31-15-4-13-27(25(30)19-5-3-6-19)17-23(29)28-14-11-22-21(12-16-32-22)24(28)18-7-9-20(26)10-8-18/h7-10,12,16,19,24H,2-6,11,13-15,17H2,1H3. The molecule has 1 saturated carbocycles. The molecule has 5 nitrogen and oxygen atoms in total. The van der Waals surface area contributed by atoms with E-state index in [1.807, 2.05) is 36.1 Å². The summed E-state index contributed by atoms with van der Waals surface area (Å²) in [6.45, 7) is 4.58. The molecular weight excluding hydrogens is 444 g/mol. The lowest BCUT2D eigenvalue weighted by Gasteiger charge is -2.38. The van der Waals surface area contributed by atoms with Crippen LogP contribution in [0.15, 0.2) is 35.7 Å². The third-order valence-corrected chi connectivity index (χ3v) is 7.73. The fourth-order valence-electron chi connectivity index (χ4n) is 4.53. The summed E-state index contributed by atoms with van der Waals surface area (Å²) < 4.78 is 5.46. The molecule has 1 atom stereocenters. The maximum absolute atomic E-state index is 13.6. The Kier molecular flexibility index (Phi) is 7.87. The highest BCUT2D eigenvalue weighted by Gasteiger charge is 2.35. The summed E-state index contributed by atoms with van der Waals surface area (Å²) >= 11 is 7.87. The quantitative estimate of drug-likeness (QED) is 0.484. The van der Waals surface area contributed by atoms with E-state index >= 15 is 0 Å². The highest BCUT2D eigenvalue weighted by molar-refractivity contribution is 7.10. The predicted octanol–water partition coefficient (Wildman–Crippen LogP) is 4.93. The Morgan fingerprint density at radius 1 is 1.22 bits per heavy atom. The topological polar surface area (TPSA) is 49.9 Å². The molecule has 172 valence electrons. The number of fused-ring (bicyclic) bond motifs is 1. The first-order valence-corrected chi connectivity index (χ1v) is 12.8. The van der Waals surface area contributed by atoms with E-state index in [9.17, 15) is 9.59 Å². The molecule has 0 radical (unpaired) electrons. The Labute approximate surface area is 199 Å². The number of carbonyl (C=O) groups is 2. The number of hydrogen-bond acceptors (Lipinski definition) is 4. The van der Waals surface area contributed by atoms with Crippen molar-refractivity contribution in [2.24, 2.45) is 5.92 Å². The van der Waals surface area contributed by atoms with E-state index in [4.69, 9.17) is 16.3 Å². The van der Waals surface area contributed by atoms with E-state index in [1.165, 1.54) is 10.4 Å². The third kappa shape index (κ3) is 5.19. The first-order chi connectivity index (χ1) is 15.6. The smallest absolute Gasteiger partial charge is 0.242 e. The van der Waals surface area contributed by atoms with Crippen molar-refractivity contribution >= 4 is 34.8 Å². The molecule has 4 rings (SSSR count). The Hall–Kier alpha value is -1.89. The van der Waals surface area contributed by atoms with Crippen LogP contribution in [-0.4, -0.2) is 54.5 Å². The first-order valence-electron chi connectivity index (χ1n) is 11.6. The summed E-state index contributed by atoms with van der Waals surface area (Å²) in [4.78, 5) is 31.7. The molecule has 7 heteroatoms. The number of carbonyl (C=O) groups excluding carboxylic acids is 2. The van der Waals surface area contributed by atoms with Gasteiger partial charge in [0.15, 0.2) is 0 Å². The Morgan fingerprint density at radius 3 is 2.69 bits per heavy atom. The van der Waals surface area contributed by atoms with Gasteiger partial charge >= 0.3 is 0 Å². The molecule has 2 aromatic rings. The van der Waals surface area contributed by atoms with E-state index < -0.39 is 0 Å². The molecule has 2 amide bonds. The molecular formula is C25H31ClN2O3S. The van der Waals surface area contributed by atoms with Gasteiger partial charge in [-0.25, -0.2) is 0 Å². The third-order valence-electron chi connectivity index (χ3n) is 6.49. The molecule has 0 bridgehead atoms. The van der Waals surface area contributed by atoms with Gasteiger partial charge in [-0.3, -0.25) is 9.59 Å². The van der Waals surface area contributed by atoms with E-state index in [1.54, 1.807) is 16.2 Å². The number of rotatable bonds is 9. The minimum absolute atomic E-state index is 0.00545. The highest BCUT2D eigenvalue weighted by atomic mass is 35.5. The second kappa shape index (κ2) is 10.8. The van der Waals surface area contributed by atoms with Gasteiger partial charge in [-0.15, -0.1) is 11.3 Å². The monoisotopic (exact) mass is 474 g/mol. The van der Waals surface area contributed by atoms with Crippen LogP contribution in [0.5, 0.6) is 0 Å². The van der Waals surface area contributed by atoms with Crippen LogP contribution < -0.4 is 0 Å². The Balaban J connectivity index is 1.53. The van der Waals surface area contributed by atoms with E-state index in [0.717, 1.165) is 37.7 Å². The van der Waals surface area contributed by atoms with Crippen molar-refractivity contribution in [2.45, 2.75) is 45.1 Å². The zero-order chi connectivity index (χ0) is 22.5. The number of benzene rings is 1. The molecule has 32 heavy (non-hydrogen) atoms. The minimum Gasteiger partial charge on any atom is -0.382 e. The maximum atomic E-state index is 13.6. The number of nitrogens with zero attached hydrogens (tertiary/aromatic N) is 2. The summed E-state index contributed by atoms with van der Waals surface area (Å²) in [7, 11) is 0. The predicted molar refractivity (Wildman–Crippen MR) is 128 cm³/mol. The van der Waals surface area contributed by atoms with E-state index in [2.05, 4.69) is 11.4 Å². The fourth-order valence-corrected chi connectivity index (χ4v) is 5.56. The van der Waals surface area contributed by atoms with E-state index in [-0.39, 0.29) is 30.3 Å². The van der Waals surface area contributed by atoms with Gasteiger partial charge in [-0.05, 0) is 67.3 Å². The van der Waals surface area contributed by atoms with Crippen molar-refractivity contribution in [1.82, 2.24) is 9.80 Å². The van der Waals surface area contributed by atoms with Gasteiger partial charge in [0.25, 0.3) is 0 Å². The SMILES string of the molecule is CCOCCCN(CC(=O)N1CCc2sccc2C1c1ccc(Cl)cc1)C(=O)C1CCC1. The van der Waals surface area contributed by atoms with Crippen molar-refractivity contribution in [3.8, 4) is 0 Å². The molecule has 0 saturated heterocycles. The molecule has 2 heterocycles. The van der Waals surface area contributed by atoms with Gasteiger partial charge in [0.05, 0.1) is 12.6 Å². The highest BCUT2D eigenvalue weighted by Crippen LogP contribution is 2.38. The molecule has 0 spiro atoms. The van der Waals surface area contributed by atoms with Crippen LogP contribution in [0.1, 0.15) is 54.7 Å². The first kappa shape index (κ1) is 23.3. The van der Waals surface area contributed by atoms with Crippen LogP contribution in [0.2, 0.25) is 5.02 Å². The zero-order valence-electron chi connectivity index (χ0n) is 18.6. The van der Waals surface area contributed by atoms with Gasteiger partial charge in [0, 0.05) is 42.1 Å². The summed E-state index contributed by atoms with van der Waals surface area (Å²) in [6.07, 6.45) is 4.57. The number of amides is 2. The largest absolute Gasteiger partial charge is 0.382 e. The minimum atomic E-state index is -0.140. The average Bonchev–Trinajstić information content (AvgIpc) is 3.23. The summed E-state index contributed by atoms with van der Waals surface area (Å²) in [5.74, 6) is 0.204. The van der Waals surface area contributed by atoms with Gasteiger partial charge in [-0.2, -0.15) is 0 Å². The second-order valence-corrected chi connectivity index (χ2v) is 9.97. The zero-order valence-corrected chi connectivity index (χ0v) is 20.2. The van der Waals surface area contributed by atoms with Gasteiger partial charge < -0.3 is 14.5 Å². The Bertz CT molecular complexity index is 926. The van der Waals surface area contributed by atoms with Crippen molar-refractivity contribution < 1.29 is 14.3 Å². The fraction of sp³-hybridized carbons (Fsp3) is 0.520. The molecule has 0 N–H and O–H groups in total.